The Hall–Kier alpha value is -3.04. The summed E-state index contributed by atoms with van der Waals surface area (Å²) in [6.45, 7) is 3.56. The average Bonchev–Trinajstić information content (AvgIpc) is 3.31. The van der Waals surface area contributed by atoms with Crippen LogP contribution in [0.5, 0.6) is 5.75 Å². The Balaban J connectivity index is 1.76. The van der Waals surface area contributed by atoms with Gasteiger partial charge in [0.25, 0.3) is 10.0 Å². The Morgan fingerprint density at radius 2 is 1.77 bits per heavy atom. The molecular formula is C21H24N2O6S. The van der Waals surface area contributed by atoms with Crippen molar-refractivity contribution in [2.75, 3.05) is 21.2 Å². The summed E-state index contributed by atoms with van der Waals surface area (Å²) in [6.07, 6.45) is 0. The molecule has 30 heavy (non-hydrogen) atoms. The van der Waals surface area contributed by atoms with E-state index in [2.05, 4.69) is 0 Å². The number of esters is 1. The zero-order valence-corrected chi connectivity index (χ0v) is 18.3. The highest BCUT2D eigenvalue weighted by molar-refractivity contribution is 7.88. The molecule has 0 unspecified atom stereocenters. The molecule has 2 heterocycles. The summed E-state index contributed by atoms with van der Waals surface area (Å²) in [4.78, 5) is 12.6. The van der Waals surface area contributed by atoms with Crippen LogP contribution >= 0.6 is 0 Å². The molecule has 8 nitrogen and oxygen atoms in total. The van der Waals surface area contributed by atoms with Crippen LogP contribution in [-0.4, -0.2) is 44.5 Å². The van der Waals surface area contributed by atoms with Gasteiger partial charge >= 0.3 is 5.97 Å². The van der Waals surface area contributed by atoms with Crippen molar-refractivity contribution in [2.24, 2.45) is 0 Å². The van der Waals surface area contributed by atoms with Crippen LogP contribution in [0.25, 0.3) is 5.69 Å². The van der Waals surface area contributed by atoms with Crippen molar-refractivity contribution in [3.63, 3.8) is 0 Å². The van der Waals surface area contributed by atoms with Crippen molar-refractivity contribution >= 4 is 16.0 Å². The normalized spacial score (nSPS) is 11.7. The van der Waals surface area contributed by atoms with E-state index in [1.54, 1.807) is 13.2 Å². The molecule has 0 aliphatic rings. The van der Waals surface area contributed by atoms with Crippen LogP contribution < -0.4 is 4.74 Å². The van der Waals surface area contributed by atoms with Gasteiger partial charge in [-0.3, -0.25) is 0 Å². The number of hydrogen-bond acceptors (Lipinski definition) is 6. The first-order chi connectivity index (χ1) is 14.1. The van der Waals surface area contributed by atoms with E-state index in [9.17, 15) is 13.2 Å². The van der Waals surface area contributed by atoms with Gasteiger partial charge in [0.1, 0.15) is 18.1 Å². The van der Waals surface area contributed by atoms with Gasteiger partial charge in [-0.15, -0.1) is 0 Å². The summed E-state index contributed by atoms with van der Waals surface area (Å²) >= 11 is 0. The molecule has 0 spiro atoms. The van der Waals surface area contributed by atoms with Gasteiger partial charge in [0, 0.05) is 31.2 Å². The molecule has 0 aliphatic heterocycles. The second kappa shape index (κ2) is 8.37. The lowest BCUT2D eigenvalue weighted by atomic mass is 10.2. The number of carbonyl (C=O) groups excluding carboxylic acids is 1. The molecule has 0 amide bonds. The minimum atomic E-state index is -3.68. The zero-order valence-electron chi connectivity index (χ0n) is 17.5. The second-order valence-electron chi connectivity index (χ2n) is 6.90. The fraction of sp³-hybridized carbons (Fsp3) is 0.286. The fourth-order valence-corrected chi connectivity index (χ4v) is 3.88. The summed E-state index contributed by atoms with van der Waals surface area (Å²) in [5.74, 6) is 0.471. The zero-order chi connectivity index (χ0) is 22.1. The molecule has 3 rings (SSSR count). The second-order valence-corrected chi connectivity index (χ2v) is 8.99. The Kier molecular flexibility index (Phi) is 6.04. The van der Waals surface area contributed by atoms with Gasteiger partial charge in [0.2, 0.25) is 5.09 Å². The summed E-state index contributed by atoms with van der Waals surface area (Å²) in [7, 11) is 0.752. The van der Waals surface area contributed by atoms with Crippen molar-refractivity contribution in [1.29, 1.82) is 0 Å². The third-order valence-electron chi connectivity index (χ3n) is 4.70. The van der Waals surface area contributed by atoms with E-state index in [0.29, 0.717) is 5.56 Å². The van der Waals surface area contributed by atoms with Crippen LogP contribution in [0.15, 0.2) is 52.0 Å². The van der Waals surface area contributed by atoms with E-state index in [1.165, 1.54) is 26.2 Å². The minimum absolute atomic E-state index is 0.173. The lowest BCUT2D eigenvalue weighted by molar-refractivity contribution is 0.0440. The lowest BCUT2D eigenvalue weighted by Gasteiger charge is -2.10. The number of hydrogen-bond donors (Lipinski definition) is 0. The molecule has 0 saturated carbocycles. The van der Waals surface area contributed by atoms with Crippen LogP contribution in [0.4, 0.5) is 0 Å². The summed E-state index contributed by atoms with van der Waals surface area (Å²) in [5.41, 5.74) is 2.94. The number of furan rings is 1. The molecule has 2 aromatic heterocycles. The number of nitrogens with zero attached hydrogens (tertiary/aromatic N) is 2. The van der Waals surface area contributed by atoms with Crippen LogP contribution in [0.3, 0.4) is 0 Å². The summed E-state index contributed by atoms with van der Waals surface area (Å²) in [5, 5.41) is -0.198. The maximum Gasteiger partial charge on any atom is 0.340 e. The van der Waals surface area contributed by atoms with E-state index in [1.807, 2.05) is 42.7 Å². The number of benzene rings is 1. The highest BCUT2D eigenvalue weighted by Crippen LogP contribution is 2.24. The lowest BCUT2D eigenvalue weighted by Crippen LogP contribution is -2.21. The highest BCUT2D eigenvalue weighted by Gasteiger charge is 2.23. The molecule has 0 saturated heterocycles. The molecule has 1 aromatic carbocycles. The van der Waals surface area contributed by atoms with Gasteiger partial charge in [-0.25, -0.2) is 17.5 Å². The molecule has 0 fully saturated rings. The first-order valence-corrected chi connectivity index (χ1v) is 10.6. The van der Waals surface area contributed by atoms with Crippen molar-refractivity contribution in [2.45, 2.75) is 25.5 Å². The van der Waals surface area contributed by atoms with E-state index in [4.69, 9.17) is 13.9 Å². The topological polar surface area (TPSA) is 91.0 Å². The molecule has 160 valence electrons. The number of aryl methyl sites for hydroxylation is 1. The van der Waals surface area contributed by atoms with Crippen LogP contribution in [0.2, 0.25) is 0 Å². The third kappa shape index (κ3) is 4.12. The highest BCUT2D eigenvalue weighted by atomic mass is 32.2. The van der Waals surface area contributed by atoms with E-state index in [0.717, 1.165) is 27.1 Å². The van der Waals surface area contributed by atoms with Crippen LogP contribution in [-0.2, 0) is 21.4 Å². The van der Waals surface area contributed by atoms with Crippen molar-refractivity contribution in [3.8, 4) is 11.4 Å². The number of aromatic nitrogens is 1. The minimum Gasteiger partial charge on any atom is -0.497 e. The summed E-state index contributed by atoms with van der Waals surface area (Å²) < 4.78 is 43.0. The van der Waals surface area contributed by atoms with E-state index in [-0.39, 0.29) is 17.5 Å². The van der Waals surface area contributed by atoms with Crippen molar-refractivity contribution in [1.82, 2.24) is 8.87 Å². The van der Waals surface area contributed by atoms with Crippen molar-refractivity contribution in [3.05, 3.63) is 65.2 Å². The molecule has 0 N–H and O–H groups in total. The number of rotatable bonds is 7. The van der Waals surface area contributed by atoms with Crippen LogP contribution in [0.1, 0.15) is 27.5 Å². The molecule has 0 bridgehead atoms. The van der Waals surface area contributed by atoms with Gasteiger partial charge in [-0.1, -0.05) is 0 Å². The number of carbonyl (C=O) groups is 1. The molecule has 3 aromatic rings. The third-order valence-corrected chi connectivity index (χ3v) is 6.39. The predicted molar refractivity (Wildman–Crippen MR) is 110 cm³/mol. The maximum atomic E-state index is 12.6. The van der Waals surface area contributed by atoms with Gasteiger partial charge in [0.05, 0.1) is 12.7 Å². The molecular weight excluding hydrogens is 408 g/mol. The summed E-state index contributed by atoms with van der Waals surface area (Å²) in [6, 6.07) is 12.1. The predicted octanol–water partition coefficient (Wildman–Crippen LogP) is 3.30. The molecule has 0 atom stereocenters. The number of methoxy groups -OCH3 is 1. The fourth-order valence-electron chi connectivity index (χ4n) is 3.07. The largest absolute Gasteiger partial charge is 0.497 e. The Labute approximate surface area is 175 Å². The first kappa shape index (κ1) is 21.7. The number of sulfonamides is 1. The SMILES string of the molecule is COc1ccc(-n2c(C)cc(C(=O)OCc3ccc(S(=O)(=O)N(C)C)o3)c2C)cc1. The standard InChI is InChI=1S/C21H24N2O6S/c1-14-12-19(15(2)23(14)16-6-8-17(27-5)9-7-16)21(24)28-13-18-10-11-20(29-18)30(25,26)22(3)4/h6-12H,13H2,1-5H3. The quantitative estimate of drug-likeness (QED) is 0.532. The maximum absolute atomic E-state index is 12.6. The molecule has 0 radical (unpaired) electrons. The van der Waals surface area contributed by atoms with Crippen molar-refractivity contribution < 1.29 is 27.1 Å². The van der Waals surface area contributed by atoms with E-state index < -0.39 is 16.0 Å². The Morgan fingerprint density at radius 1 is 1.10 bits per heavy atom. The Bertz CT molecular complexity index is 1160. The monoisotopic (exact) mass is 432 g/mol. The molecule has 9 heteroatoms. The molecule has 0 aliphatic carbocycles. The van der Waals surface area contributed by atoms with Gasteiger partial charge in [0.15, 0.2) is 0 Å². The average molecular weight is 432 g/mol. The first-order valence-electron chi connectivity index (χ1n) is 9.17. The van der Waals surface area contributed by atoms with Gasteiger partial charge in [-0.2, -0.15) is 0 Å². The smallest absolute Gasteiger partial charge is 0.340 e. The number of ether oxygens (including phenoxy) is 2. The van der Waals surface area contributed by atoms with Gasteiger partial charge in [-0.05, 0) is 56.3 Å². The van der Waals surface area contributed by atoms with E-state index >= 15 is 0 Å². The van der Waals surface area contributed by atoms with Crippen LogP contribution in [0, 0.1) is 13.8 Å². The van der Waals surface area contributed by atoms with Gasteiger partial charge < -0.3 is 18.5 Å². The Morgan fingerprint density at radius 3 is 2.37 bits per heavy atom.